The fourth-order valence-electron chi connectivity index (χ4n) is 3.16. The van der Waals surface area contributed by atoms with Crippen LogP contribution in [0.15, 0.2) is 36.4 Å². The molecule has 0 saturated carbocycles. The quantitative estimate of drug-likeness (QED) is 0.915. The minimum Gasteiger partial charge on any atom is -0.497 e. The highest BCUT2D eigenvalue weighted by molar-refractivity contribution is 6.06. The molecule has 0 atom stereocenters. The first-order chi connectivity index (χ1) is 12.5. The van der Waals surface area contributed by atoms with Crippen molar-refractivity contribution in [1.82, 2.24) is 0 Å². The summed E-state index contributed by atoms with van der Waals surface area (Å²) in [6, 6.07) is 10.7. The number of carbonyl (C=O) groups excluding carboxylic acids is 2. The van der Waals surface area contributed by atoms with Crippen LogP contribution in [-0.4, -0.2) is 32.6 Å². The largest absolute Gasteiger partial charge is 0.497 e. The summed E-state index contributed by atoms with van der Waals surface area (Å²) in [5, 5.41) is 2.88. The molecule has 0 aromatic heterocycles. The maximum atomic E-state index is 12.7. The summed E-state index contributed by atoms with van der Waals surface area (Å²) in [6.45, 7) is 2.26. The van der Waals surface area contributed by atoms with Crippen LogP contribution in [0.5, 0.6) is 11.5 Å². The molecule has 3 rings (SSSR count). The fraction of sp³-hybridized carbons (Fsp3) is 0.300. The van der Waals surface area contributed by atoms with Gasteiger partial charge in [0.05, 0.1) is 19.8 Å². The monoisotopic (exact) mass is 354 g/mol. The Morgan fingerprint density at radius 2 is 1.88 bits per heavy atom. The molecule has 136 valence electrons. The van der Waals surface area contributed by atoms with Crippen LogP contribution in [0.3, 0.4) is 0 Å². The van der Waals surface area contributed by atoms with Crippen LogP contribution in [-0.2, 0) is 11.2 Å². The van der Waals surface area contributed by atoms with Gasteiger partial charge in [0.25, 0.3) is 5.91 Å². The number of carbonyl (C=O) groups is 2. The van der Waals surface area contributed by atoms with Gasteiger partial charge in [0.2, 0.25) is 5.91 Å². The van der Waals surface area contributed by atoms with Gasteiger partial charge >= 0.3 is 0 Å². The number of rotatable bonds is 4. The van der Waals surface area contributed by atoms with E-state index in [1.807, 2.05) is 18.2 Å². The van der Waals surface area contributed by atoms with Gasteiger partial charge in [0.15, 0.2) is 0 Å². The van der Waals surface area contributed by atoms with E-state index in [1.165, 1.54) is 7.11 Å². The molecule has 0 bridgehead atoms. The lowest BCUT2D eigenvalue weighted by molar-refractivity contribution is -0.116. The fourth-order valence-corrected chi connectivity index (χ4v) is 3.16. The molecular weight excluding hydrogens is 332 g/mol. The van der Waals surface area contributed by atoms with E-state index in [-0.39, 0.29) is 11.8 Å². The highest BCUT2D eigenvalue weighted by atomic mass is 16.5. The Kier molecular flexibility index (Phi) is 5.11. The lowest BCUT2D eigenvalue weighted by Gasteiger charge is -2.29. The molecule has 0 spiro atoms. The number of hydrogen-bond donors (Lipinski definition) is 1. The Balaban J connectivity index is 1.87. The van der Waals surface area contributed by atoms with Crippen molar-refractivity contribution >= 4 is 23.2 Å². The summed E-state index contributed by atoms with van der Waals surface area (Å²) >= 11 is 0. The number of fused-ring (bicyclic) bond motifs is 1. The van der Waals surface area contributed by atoms with Crippen LogP contribution in [0, 0.1) is 0 Å². The summed E-state index contributed by atoms with van der Waals surface area (Å²) in [5.74, 6) is 0.773. The number of anilines is 2. The summed E-state index contributed by atoms with van der Waals surface area (Å²) in [7, 11) is 3.07. The topological polar surface area (TPSA) is 67.9 Å². The van der Waals surface area contributed by atoms with Gasteiger partial charge < -0.3 is 19.7 Å². The molecule has 26 heavy (non-hydrogen) atoms. The number of benzene rings is 2. The van der Waals surface area contributed by atoms with Crippen molar-refractivity contribution in [3.63, 3.8) is 0 Å². The Labute approximate surface area is 152 Å². The van der Waals surface area contributed by atoms with Crippen molar-refractivity contribution in [2.45, 2.75) is 19.8 Å². The third kappa shape index (κ3) is 3.49. The van der Waals surface area contributed by atoms with E-state index in [4.69, 9.17) is 9.47 Å². The van der Waals surface area contributed by atoms with Crippen molar-refractivity contribution in [3.8, 4) is 11.5 Å². The number of aryl methyl sites for hydroxylation is 1. The highest BCUT2D eigenvalue weighted by Crippen LogP contribution is 2.31. The van der Waals surface area contributed by atoms with Gasteiger partial charge in [-0.15, -0.1) is 0 Å². The van der Waals surface area contributed by atoms with Crippen molar-refractivity contribution in [2.24, 2.45) is 0 Å². The second-order valence-electron chi connectivity index (χ2n) is 6.14. The maximum Gasteiger partial charge on any atom is 0.259 e. The molecule has 2 aromatic rings. The summed E-state index contributed by atoms with van der Waals surface area (Å²) in [4.78, 5) is 26.3. The van der Waals surface area contributed by atoms with Crippen molar-refractivity contribution < 1.29 is 19.1 Å². The normalized spacial score (nSPS) is 13.0. The molecule has 0 saturated heterocycles. The Morgan fingerprint density at radius 3 is 2.58 bits per heavy atom. The van der Waals surface area contributed by atoms with Crippen LogP contribution in [0.4, 0.5) is 11.4 Å². The SMILES string of the molecule is COc1ccc(C(=O)Nc2ccc3c(c2)N(C(C)=O)CCC3)c(OC)c1. The molecule has 1 aliphatic heterocycles. The number of methoxy groups -OCH3 is 2. The molecule has 1 N–H and O–H groups in total. The van der Waals surface area contributed by atoms with E-state index < -0.39 is 0 Å². The third-order valence-corrected chi connectivity index (χ3v) is 4.50. The van der Waals surface area contributed by atoms with Gasteiger partial charge in [-0.1, -0.05) is 6.07 Å². The molecular formula is C20H22N2O4. The second-order valence-corrected chi connectivity index (χ2v) is 6.14. The molecule has 2 amide bonds. The number of hydrogen-bond acceptors (Lipinski definition) is 4. The predicted octanol–water partition coefficient (Wildman–Crippen LogP) is 3.26. The average Bonchev–Trinajstić information content (AvgIpc) is 2.66. The Bertz CT molecular complexity index is 848. The van der Waals surface area contributed by atoms with E-state index in [0.717, 1.165) is 24.1 Å². The van der Waals surface area contributed by atoms with Crippen LogP contribution >= 0.6 is 0 Å². The third-order valence-electron chi connectivity index (χ3n) is 4.50. The molecule has 6 heteroatoms. The average molecular weight is 354 g/mol. The Morgan fingerprint density at radius 1 is 1.08 bits per heavy atom. The van der Waals surface area contributed by atoms with Crippen LogP contribution in [0.25, 0.3) is 0 Å². The molecule has 0 unspecified atom stereocenters. The van der Waals surface area contributed by atoms with Crippen molar-refractivity contribution in [1.29, 1.82) is 0 Å². The number of ether oxygens (including phenoxy) is 2. The smallest absolute Gasteiger partial charge is 0.259 e. The number of nitrogens with zero attached hydrogens (tertiary/aromatic N) is 1. The summed E-state index contributed by atoms with van der Waals surface area (Å²) in [5.41, 5.74) is 3.03. The first-order valence-electron chi connectivity index (χ1n) is 8.48. The van der Waals surface area contributed by atoms with Gasteiger partial charge in [0.1, 0.15) is 11.5 Å². The van der Waals surface area contributed by atoms with Crippen molar-refractivity contribution in [2.75, 3.05) is 31.0 Å². The molecule has 0 fully saturated rings. The molecule has 1 aliphatic rings. The number of amides is 2. The lowest BCUT2D eigenvalue weighted by Crippen LogP contribution is -2.33. The van der Waals surface area contributed by atoms with Gasteiger partial charge in [-0.2, -0.15) is 0 Å². The molecule has 1 heterocycles. The molecule has 0 aliphatic carbocycles. The standard InChI is InChI=1S/C20H22N2O4/c1-13(23)22-10-4-5-14-6-7-15(11-18(14)22)21-20(24)17-9-8-16(25-2)12-19(17)26-3/h6-9,11-12H,4-5,10H2,1-3H3,(H,21,24). The zero-order valence-corrected chi connectivity index (χ0v) is 15.2. The van der Waals surface area contributed by atoms with Crippen molar-refractivity contribution in [3.05, 3.63) is 47.5 Å². The van der Waals surface area contributed by atoms with Crippen LogP contribution in [0.2, 0.25) is 0 Å². The van der Waals surface area contributed by atoms with E-state index in [2.05, 4.69) is 5.32 Å². The van der Waals surface area contributed by atoms with Gasteiger partial charge in [-0.25, -0.2) is 0 Å². The lowest BCUT2D eigenvalue weighted by atomic mass is 10.0. The van der Waals surface area contributed by atoms with E-state index in [9.17, 15) is 9.59 Å². The predicted molar refractivity (Wildman–Crippen MR) is 100 cm³/mol. The molecule has 6 nitrogen and oxygen atoms in total. The first kappa shape index (κ1) is 17.8. The van der Waals surface area contributed by atoms with Gasteiger partial charge in [0, 0.05) is 30.9 Å². The zero-order valence-electron chi connectivity index (χ0n) is 15.2. The number of nitrogens with one attached hydrogen (secondary N) is 1. The van der Waals surface area contributed by atoms with Gasteiger partial charge in [-0.05, 0) is 42.7 Å². The van der Waals surface area contributed by atoms with Gasteiger partial charge in [-0.3, -0.25) is 9.59 Å². The minimum absolute atomic E-state index is 0.00579. The van der Waals surface area contributed by atoms with E-state index in [0.29, 0.717) is 29.3 Å². The zero-order chi connectivity index (χ0) is 18.7. The maximum absolute atomic E-state index is 12.7. The second kappa shape index (κ2) is 7.47. The van der Waals surface area contributed by atoms with E-state index in [1.54, 1.807) is 37.1 Å². The minimum atomic E-state index is -0.283. The molecule has 0 radical (unpaired) electrons. The van der Waals surface area contributed by atoms with Crippen LogP contribution < -0.4 is 19.7 Å². The summed E-state index contributed by atoms with van der Waals surface area (Å²) in [6.07, 6.45) is 1.88. The van der Waals surface area contributed by atoms with Crippen LogP contribution in [0.1, 0.15) is 29.3 Å². The summed E-state index contributed by atoms with van der Waals surface area (Å²) < 4.78 is 10.4. The highest BCUT2D eigenvalue weighted by Gasteiger charge is 2.21. The Hall–Kier alpha value is -3.02. The molecule has 2 aromatic carbocycles. The first-order valence-corrected chi connectivity index (χ1v) is 8.48. The van der Waals surface area contributed by atoms with E-state index >= 15 is 0 Å².